The van der Waals surface area contributed by atoms with E-state index in [-0.39, 0.29) is 17.7 Å². The molecule has 1 rings (SSSR count). The van der Waals surface area contributed by atoms with Gasteiger partial charge in [-0.15, -0.1) is 0 Å². The SMILES string of the molecule is CCOC(=O)C(O)c1ccccc1CC(F)F. The van der Waals surface area contributed by atoms with Crippen LogP contribution in [0.3, 0.4) is 0 Å². The van der Waals surface area contributed by atoms with Gasteiger partial charge in [0.15, 0.2) is 6.10 Å². The molecule has 0 radical (unpaired) electrons. The van der Waals surface area contributed by atoms with E-state index in [1.807, 2.05) is 0 Å². The van der Waals surface area contributed by atoms with Gasteiger partial charge < -0.3 is 9.84 Å². The van der Waals surface area contributed by atoms with Gasteiger partial charge in [0.2, 0.25) is 6.43 Å². The van der Waals surface area contributed by atoms with Crippen LogP contribution in [0.5, 0.6) is 0 Å². The highest BCUT2D eigenvalue weighted by molar-refractivity contribution is 5.76. The van der Waals surface area contributed by atoms with Crippen LogP contribution in [0.25, 0.3) is 0 Å². The molecule has 1 unspecified atom stereocenters. The monoisotopic (exact) mass is 244 g/mol. The van der Waals surface area contributed by atoms with Gasteiger partial charge in [0.05, 0.1) is 6.61 Å². The molecule has 0 saturated heterocycles. The molecule has 1 N–H and O–H groups in total. The van der Waals surface area contributed by atoms with E-state index in [9.17, 15) is 18.7 Å². The number of carbonyl (C=O) groups is 1. The first-order valence-corrected chi connectivity index (χ1v) is 5.27. The molecule has 0 aromatic heterocycles. The molecule has 3 nitrogen and oxygen atoms in total. The maximum absolute atomic E-state index is 12.3. The fraction of sp³-hybridized carbons (Fsp3) is 0.417. The zero-order valence-electron chi connectivity index (χ0n) is 9.40. The largest absolute Gasteiger partial charge is 0.464 e. The highest BCUT2D eigenvalue weighted by atomic mass is 19.3. The second-order valence-corrected chi connectivity index (χ2v) is 3.45. The number of hydrogen-bond acceptors (Lipinski definition) is 3. The summed E-state index contributed by atoms with van der Waals surface area (Å²) in [5.41, 5.74) is 0.425. The minimum Gasteiger partial charge on any atom is -0.464 e. The van der Waals surface area contributed by atoms with Crippen molar-refractivity contribution in [2.24, 2.45) is 0 Å². The molecule has 0 saturated carbocycles. The van der Waals surface area contributed by atoms with Crippen LogP contribution >= 0.6 is 0 Å². The molecular weight excluding hydrogens is 230 g/mol. The van der Waals surface area contributed by atoms with Crippen molar-refractivity contribution in [2.45, 2.75) is 25.9 Å². The van der Waals surface area contributed by atoms with E-state index in [4.69, 9.17) is 0 Å². The Morgan fingerprint density at radius 1 is 1.41 bits per heavy atom. The van der Waals surface area contributed by atoms with Crippen LogP contribution in [0.15, 0.2) is 24.3 Å². The van der Waals surface area contributed by atoms with Crippen molar-refractivity contribution in [3.63, 3.8) is 0 Å². The second kappa shape index (κ2) is 6.30. The van der Waals surface area contributed by atoms with Gasteiger partial charge in [-0.3, -0.25) is 0 Å². The predicted octanol–water partition coefficient (Wildman–Crippen LogP) is 2.09. The minimum absolute atomic E-state index is 0.132. The summed E-state index contributed by atoms with van der Waals surface area (Å²) in [5.74, 6) is -0.825. The number of carbonyl (C=O) groups excluding carboxylic acids is 1. The van der Waals surface area contributed by atoms with Crippen molar-refractivity contribution < 1.29 is 23.4 Å². The van der Waals surface area contributed by atoms with E-state index in [0.717, 1.165) is 0 Å². The Balaban J connectivity index is 2.92. The maximum atomic E-state index is 12.3. The molecule has 0 heterocycles. The lowest BCUT2D eigenvalue weighted by molar-refractivity contribution is -0.153. The zero-order chi connectivity index (χ0) is 12.8. The van der Waals surface area contributed by atoms with Crippen molar-refractivity contribution >= 4 is 5.97 Å². The molecule has 1 atom stereocenters. The smallest absolute Gasteiger partial charge is 0.339 e. The van der Waals surface area contributed by atoms with Crippen LogP contribution in [-0.4, -0.2) is 24.1 Å². The Morgan fingerprint density at radius 2 is 2.06 bits per heavy atom. The number of aliphatic hydroxyl groups is 1. The van der Waals surface area contributed by atoms with Crippen LogP contribution in [-0.2, 0) is 16.0 Å². The molecule has 1 aromatic carbocycles. The van der Waals surface area contributed by atoms with Crippen molar-refractivity contribution in [1.29, 1.82) is 0 Å². The summed E-state index contributed by atoms with van der Waals surface area (Å²) in [7, 11) is 0. The lowest BCUT2D eigenvalue weighted by Crippen LogP contribution is -2.17. The van der Waals surface area contributed by atoms with E-state index >= 15 is 0 Å². The van der Waals surface area contributed by atoms with Gasteiger partial charge in [-0.25, -0.2) is 13.6 Å². The fourth-order valence-corrected chi connectivity index (χ4v) is 1.50. The van der Waals surface area contributed by atoms with Crippen molar-refractivity contribution in [3.05, 3.63) is 35.4 Å². The first-order chi connectivity index (χ1) is 8.06. The van der Waals surface area contributed by atoms with Gasteiger partial charge in [-0.2, -0.15) is 0 Å². The highest BCUT2D eigenvalue weighted by Gasteiger charge is 2.22. The molecule has 0 fully saturated rings. The van der Waals surface area contributed by atoms with E-state index in [1.54, 1.807) is 19.1 Å². The Hall–Kier alpha value is -1.49. The number of aliphatic hydroxyl groups excluding tert-OH is 1. The van der Waals surface area contributed by atoms with Crippen LogP contribution < -0.4 is 0 Å². The molecule has 0 amide bonds. The number of benzene rings is 1. The van der Waals surface area contributed by atoms with Crippen molar-refractivity contribution in [3.8, 4) is 0 Å². The van der Waals surface area contributed by atoms with E-state index in [1.165, 1.54) is 12.1 Å². The summed E-state index contributed by atoms with van der Waals surface area (Å²) in [5, 5.41) is 9.69. The van der Waals surface area contributed by atoms with Crippen LogP contribution in [0.4, 0.5) is 8.78 Å². The second-order valence-electron chi connectivity index (χ2n) is 3.45. The highest BCUT2D eigenvalue weighted by Crippen LogP contribution is 2.21. The van der Waals surface area contributed by atoms with Gasteiger partial charge >= 0.3 is 5.97 Å². The molecule has 1 aromatic rings. The Kier molecular flexibility index (Phi) is 5.03. The van der Waals surface area contributed by atoms with Crippen molar-refractivity contribution in [1.82, 2.24) is 0 Å². The minimum atomic E-state index is -2.52. The lowest BCUT2D eigenvalue weighted by atomic mass is 10.00. The van der Waals surface area contributed by atoms with Gasteiger partial charge in [0.25, 0.3) is 0 Å². The number of alkyl halides is 2. The molecule has 94 valence electrons. The third kappa shape index (κ3) is 3.78. The van der Waals surface area contributed by atoms with E-state index < -0.39 is 24.9 Å². The number of esters is 1. The average molecular weight is 244 g/mol. The number of rotatable bonds is 5. The summed E-state index contributed by atoms with van der Waals surface area (Å²) < 4.78 is 29.3. The summed E-state index contributed by atoms with van der Waals surface area (Å²) >= 11 is 0. The van der Waals surface area contributed by atoms with Crippen LogP contribution in [0.1, 0.15) is 24.2 Å². The van der Waals surface area contributed by atoms with Gasteiger partial charge in [-0.05, 0) is 18.1 Å². The maximum Gasteiger partial charge on any atom is 0.339 e. The van der Waals surface area contributed by atoms with Gasteiger partial charge in [0.1, 0.15) is 0 Å². The quantitative estimate of drug-likeness (QED) is 0.807. The average Bonchev–Trinajstić information content (AvgIpc) is 2.28. The summed E-state index contributed by atoms with van der Waals surface area (Å²) in [4.78, 5) is 11.3. The first-order valence-electron chi connectivity index (χ1n) is 5.27. The molecule has 0 spiro atoms. The normalized spacial score (nSPS) is 12.5. The predicted molar refractivity (Wildman–Crippen MR) is 57.7 cm³/mol. The zero-order valence-corrected chi connectivity index (χ0v) is 9.40. The topological polar surface area (TPSA) is 46.5 Å². The molecular formula is C12H14F2O3. The number of ether oxygens (including phenoxy) is 1. The Bertz CT molecular complexity index is 380. The summed E-state index contributed by atoms with van der Waals surface area (Å²) in [6, 6.07) is 6.06. The summed E-state index contributed by atoms with van der Waals surface area (Å²) in [6.07, 6.45) is -4.53. The van der Waals surface area contributed by atoms with E-state index in [0.29, 0.717) is 0 Å². The molecule has 0 aliphatic heterocycles. The molecule has 0 aliphatic carbocycles. The third-order valence-electron chi connectivity index (χ3n) is 2.23. The van der Waals surface area contributed by atoms with Crippen molar-refractivity contribution in [2.75, 3.05) is 6.61 Å². The number of halogens is 2. The number of hydrogen-bond donors (Lipinski definition) is 1. The van der Waals surface area contributed by atoms with Gasteiger partial charge in [0, 0.05) is 6.42 Å². The standard InChI is InChI=1S/C12H14F2O3/c1-2-17-12(16)11(15)9-6-4-3-5-8(9)7-10(13)14/h3-6,10-11,15H,2,7H2,1H3. The first kappa shape index (κ1) is 13.6. The summed E-state index contributed by atoms with van der Waals surface area (Å²) in [6.45, 7) is 1.74. The lowest BCUT2D eigenvalue weighted by Gasteiger charge is -2.14. The molecule has 0 aliphatic rings. The van der Waals surface area contributed by atoms with Crippen LogP contribution in [0, 0.1) is 0 Å². The van der Waals surface area contributed by atoms with Gasteiger partial charge in [-0.1, -0.05) is 24.3 Å². The third-order valence-corrected chi connectivity index (χ3v) is 2.23. The molecule has 0 bridgehead atoms. The molecule has 17 heavy (non-hydrogen) atoms. The Morgan fingerprint density at radius 3 is 2.65 bits per heavy atom. The Labute approximate surface area is 98.0 Å². The molecule has 5 heteroatoms. The fourth-order valence-electron chi connectivity index (χ4n) is 1.50. The van der Waals surface area contributed by atoms with Crippen LogP contribution in [0.2, 0.25) is 0 Å². The van der Waals surface area contributed by atoms with E-state index in [2.05, 4.69) is 4.74 Å².